The largest absolute Gasteiger partial charge is 0.461 e. The lowest BCUT2D eigenvalue weighted by Gasteiger charge is -2.15. The molecule has 0 saturated carbocycles. The van der Waals surface area contributed by atoms with Gasteiger partial charge < -0.3 is 10.1 Å². The summed E-state index contributed by atoms with van der Waals surface area (Å²) < 4.78 is 6.75. The number of amides is 1. The summed E-state index contributed by atoms with van der Waals surface area (Å²) in [5.74, 6) is -0.806. The fourth-order valence-corrected chi connectivity index (χ4v) is 4.81. The first kappa shape index (κ1) is 24.3. The van der Waals surface area contributed by atoms with Gasteiger partial charge in [-0.25, -0.2) is 9.78 Å². The molecule has 0 fully saturated rings. The summed E-state index contributed by atoms with van der Waals surface area (Å²) in [5, 5.41) is 3.18. The molecule has 4 rings (SSSR count). The molecule has 4 aromatic rings. The molecule has 7 nitrogen and oxygen atoms in total. The summed E-state index contributed by atoms with van der Waals surface area (Å²) in [4.78, 5) is 43.9. The summed E-state index contributed by atoms with van der Waals surface area (Å²) in [5.41, 5.74) is 3.06. The molecule has 0 saturated heterocycles. The quantitative estimate of drug-likeness (QED) is 0.355. The summed E-state index contributed by atoms with van der Waals surface area (Å²) in [7, 11) is 0. The van der Waals surface area contributed by atoms with Crippen molar-refractivity contribution in [3.63, 3.8) is 0 Å². The van der Waals surface area contributed by atoms with Gasteiger partial charge in [0, 0.05) is 12.1 Å². The normalized spacial score (nSPS) is 11.9. The lowest BCUT2D eigenvalue weighted by molar-refractivity contribution is -0.118. The molecule has 0 aliphatic carbocycles. The summed E-state index contributed by atoms with van der Waals surface area (Å²) in [6.45, 7) is 5.66. The number of aromatic nitrogens is 2. The van der Waals surface area contributed by atoms with Gasteiger partial charge in [-0.2, -0.15) is 0 Å². The lowest BCUT2D eigenvalue weighted by Crippen LogP contribution is -2.31. The molecule has 2 heterocycles. The Morgan fingerprint density at radius 3 is 2.49 bits per heavy atom. The van der Waals surface area contributed by atoms with E-state index in [-0.39, 0.29) is 18.1 Å². The second kappa shape index (κ2) is 10.7. The third-order valence-corrected chi connectivity index (χ3v) is 7.13. The van der Waals surface area contributed by atoms with E-state index >= 15 is 0 Å². The maximum Gasteiger partial charge on any atom is 0.348 e. The van der Waals surface area contributed by atoms with Crippen LogP contribution in [0.25, 0.3) is 10.2 Å². The highest BCUT2D eigenvalue weighted by molar-refractivity contribution is 7.20. The number of thiophene rings is 1. The smallest absolute Gasteiger partial charge is 0.348 e. The van der Waals surface area contributed by atoms with Gasteiger partial charge in [0.15, 0.2) is 0 Å². The summed E-state index contributed by atoms with van der Waals surface area (Å²) in [6, 6.07) is 16.6. The van der Waals surface area contributed by atoms with E-state index in [0.717, 1.165) is 23.3 Å². The molecule has 0 aliphatic rings. The first-order chi connectivity index (χ1) is 16.9. The number of nitrogens with zero attached hydrogens (tertiary/aromatic N) is 2. The minimum Gasteiger partial charge on any atom is -0.461 e. The minimum absolute atomic E-state index is 0.241. The highest BCUT2D eigenvalue weighted by Gasteiger charge is 2.23. The molecular formula is C27H27N3O4S. The van der Waals surface area contributed by atoms with Gasteiger partial charge in [0.2, 0.25) is 5.91 Å². The molecule has 2 aromatic heterocycles. The van der Waals surface area contributed by atoms with Crippen molar-refractivity contribution >= 4 is 39.1 Å². The number of nitrogens with one attached hydrogen (secondary N) is 1. The molecule has 0 spiro atoms. The van der Waals surface area contributed by atoms with Crippen LogP contribution in [0, 0.1) is 6.92 Å². The SMILES string of the molecule is CCc1ccc(NC(=O)C(C)n2cnc3sc(C(=O)OCCc4ccccc4)c(C)c3c2=O)cc1. The Labute approximate surface area is 207 Å². The van der Waals surface area contributed by atoms with Crippen LogP contribution in [0.5, 0.6) is 0 Å². The van der Waals surface area contributed by atoms with Crippen LogP contribution in [0.15, 0.2) is 65.7 Å². The van der Waals surface area contributed by atoms with E-state index in [1.807, 2.05) is 54.6 Å². The molecular weight excluding hydrogens is 462 g/mol. The van der Waals surface area contributed by atoms with Gasteiger partial charge in [-0.15, -0.1) is 11.3 Å². The summed E-state index contributed by atoms with van der Waals surface area (Å²) in [6.07, 6.45) is 2.87. The van der Waals surface area contributed by atoms with Crippen molar-refractivity contribution in [2.24, 2.45) is 0 Å². The van der Waals surface area contributed by atoms with Gasteiger partial charge in [-0.05, 0) is 49.1 Å². The number of fused-ring (bicyclic) bond motifs is 1. The van der Waals surface area contributed by atoms with E-state index in [0.29, 0.717) is 32.8 Å². The standard InChI is InChI=1S/C27H27N3O4S/c1-4-19-10-12-21(13-11-19)29-24(31)18(3)30-16-28-25-22(26(30)32)17(2)23(35-25)27(33)34-15-14-20-8-6-5-7-9-20/h5-13,16,18H,4,14-15H2,1-3H3,(H,29,31). The molecule has 1 amide bonds. The van der Waals surface area contributed by atoms with E-state index in [9.17, 15) is 14.4 Å². The molecule has 1 N–H and O–H groups in total. The van der Waals surface area contributed by atoms with Crippen LogP contribution in [-0.2, 0) is 22.4 Å². The number of carbonyl (C=O) groups excluding carboxylic acids is 2. The van der Waals surface area contributed by atoms with Crippen molar-refractivity contribution in [1.29, 1.82) is 0 Å². The highest BCUT2D eigenvalue weighted by atomic mass is 32.1. The third-order valence-electron chi connectivity index (χ3n) is 5.95. The first-order valence-corrected chi connectivity index (χ1v) is 12.3. The van der Waals surface area contributed by atoms with Crippen molar-refractivity contribution in [3.8, 4) is 0 Å². The fraction of sp³-hybridized carbons (Fsp3) is 0.259. The van der Waals surface area contributed by atoms with E-state index in [2.05, 4.69) is 17.2 Å². The molecule has 180 valence electrons. The zero-order valence-electron chi connectivity index (χ0n) is 19.9. The average Bonchev–Trinajstić information content (AvgIpc) is 3.22. The van der Waals surface area contributed by atoms with Crippen molar-refractivity contribution in [1.82, 2.24) is 9.55 Å². The summed E-state index contributed by atoms with van der Waals surface area (Å²) >= 11 is 1.13. The maximum absolute atomic E-state index is 13.3. The first-order valence-electron chi connectivity index (χ1n) is 11.5. The zero-order valence-corrected chi connectivity index (χ0v) is 20.7. The van der Waals surface area contributed by atoms with Gasteiger partial charge in [-0.1, -0.05) is 49.4 Å². The molecule has 2 aromatic carbocycles. The van der Waals surface area contributed by atoms with Crippen molar-refractivity contribution in [2.45, 2.75) is 39.7 Å². The van der Waals surface area contributed by atoms with Crippen LogP contribution in [-0.4, -0.2) is 28.0 Å². The number of benzene rings is 2. The van der Waals surface area contributed by atoms with Gasteiger partial charge in [0.1, 0.15) is 15.7 Å². The number of anilines is 1. The predicted molar refractivity (Wildman–Crippen MR) is 138 cm³/mol. The van der Waals surface area contributed by atoms with Gasteiger partial charge >= 0.3 is 5.97 Å². The monoisotopic (exact) mass is 489 g/mol. The molecule has 1 unspecified atom stereocenters. The van der Waals surface area contributed by atoms with E-state index in [4.69, 9.17) is 4.74 Å². The number of carbonyl (C=O) groups is 2. The van der Waals surface area contributed by atoms with Gasteiger partial charge in [0.25, 0.3) is 5.56 Å². The maximum atomic E-state index is 13.3. The van der Waals surface area contributed by atoms with Gasteiger partial charge in [0.05, 0.1) is 18.3 Å². The van der Waals surface area contributed by atoms with Crippen molar-refractivity contribution in [3.05, 3.63) is 92.8 Å². The Kier molecular flexibility index (Phi) is 7.41. The number of hydrogen-bond donors (Lipinski definition) is 1. The van der Waals surface area contributed by atoms with Crippen LogP contribution in [0.2, 0.25) is 0 Å². The lowest BCUT2D eigenvalue weighted by atomic mass is 10.1. The van der Waals surface area contributed by atoms with Crippen LogP contribution < -0.4 is 10.9 Å². The highest BCUT2D eigenvalue weighted by Crippen LogP contribution is 2.28. The molecule has 35 heavy (non-hydrogen) atoms. The molecule has 1 atom stereocenters. The van der Waals surface area contributed by atoms with E-state index < -0.39 is 12.0 Å². The fourth-order valence-electron chi connectivity index (χ4n) is 3.78. The van der Waals surface area contributed by atoms with E-state index in [1.54, 1.807) is 13.8 Å². The zero-order chi connectivity index (χ0) is 24.9. The molecule has 0 bridgehead atoms. The molecule has 0 radical (unpaired) electrons. The van der Waals surface area contributed by atoms with Crippen LogP contribution in [0.1, 0.15) is 46.3 Å². The number of esters is 1. The topological polar surface area (TPSA) is 90.3 Å². The minimum atomic E-state index is -0.786. The molecule has 8 heteroatoms. The van der Waals surface area contributed by atoms with Crippen molar-refractivity contribution < 1.29 is 14.3 Å². The number of aryl methyl sites for hydroxylation is 2. The second-order valence-electron chi connectivity index (χ2n) is 8.28. The average molecular weight is 490 g/mol. The Morgan fingerprint density at radius 2 is 1.80 bits per heavy atom. The van der Waals surface area contributed by atoms with Crippen LogP contribution in [0.3, 0.4) is 0 Å². The number of hydrogen-bond acceptors (Lipinski definition) is 6. The number of ether oxygens (including phenoxy) is 1. The molecule has 0 aliphatic heterocycles. The predicted octanol–water partition coefficient (Wildman–Crippen LogP) is 4.93. The second-order valence-corrected chi connectivity index (χ2v) is 9.28. The Bertz CT molecular complexity index is 1410. The van der Waals surface area contributed by atoms with Crippen molar-refractivity contribution in [2.75, 3.05) is 11.9 Å². The third kappa shape index (κ3) is 5.33. The Morgan fingerprint density at radius 1 is 1.09 bits per heavy atom. The Hall–Kier alpha value is -3.78. The Balaban J connectivity index is 1.50. The van der Waals surface area contributed by atoms with Gasteiger partial charge in [-0.3, -0.25) is 14.2 Å². The van der Waals surface area contributed by atoms with Crippen LogP contribution >= 0.6 is 11.3 Å². The number of rotatable bonds is 8. The van der Waals surface area contributed by atoms with E-state index in [1.165, 1.54) is 16.5 Å². The van der Waals surface area contributed by atoms with Crippen LogP contribution in [0.4, 0.5) is 5.69 Å².